The van der Waals surface area contributed by atoms with Gasteiger partial charge in [-0.15, -0.1) is 0 Å². The second-order valence-electron chi connectivity index (χ2n) is 5.37. The Morgan fingerprint density at radius 1 is 1.19 bits per heavy atom. The molecule has 0 spiro atoms. The number of benzene rings is 2. The number of amides is 1. The highest BCUT2D eigenvalue weighted by Crippen LogP contribution is 2.29. The van der Waals surface area contributed by atoms with Crippen LogP contribution in [0.3, 0.4) is 0 Å². The van der Waals surface area contributed by atoms with Gasteiger partial charge in [-0.3, -0.25) is 4.79 Å². The molecule has 0 unspecified atom stereocenters. The summed E-state index contributed by atoms with van der Waals surface area (Å²) in [5.41, 5.74) is 2.19. The zero-order valence-corrected chi connectivity index (χ0v) is 15.5. The van der Waals surface area contributed by atoms with Crippen LogP contribution < -0.4 is 10.1 Å². The quantitative estimate of drug-likeness (QED) is 0.483. The molecular weight excluding hydrogens is 370 g/mol. The second-order valence-corrected chi connectivity index (χ2v) is 7.09. The molecule has 26 heavy (non-hydrogen) atoms. The molecule has 5 nitrogen and oxygen atoms in total. The third-order valence-electron chi connectivity index (χ3n) is 3.62. The monoisotopic (exact) mass is 385 g/mol. The summed E-state index contributed by atoms with van der Waals surface area (Å²) in [7, 11) is 1.35. The van der Waals surface area contributed by atoms with Gasteiger partial charge in [0.05, 0.1) is 17.6 Å². The molecule has 1 heterocycles. The van der Waals surface area contributed by atoms with Gasteiger partial charge in [0.2, 0.25) is 0 Å². The van der Waals surface area contributed by atoms with Crippen molar-refractivity contribution in [3.63, 3.8) is 0 Å². The first-order valence-corrected chi connectivity index (χ1v) is 8.93. The first-order chi connectivity index (χ1) is 12.6. The lowest BCUT2D eigenvalue weighted by molar-refractivity contribution is -0.115. The molecule has 2 aromatic rings. The van der Waals surface area contributed by atoms with Gasteiger partial charge >= 0.3 is 5.97 Å². The number of ether oxygens (including phenoxy) is 2. The van der Waals surface area contributed by atoms with Crippen LogP contribution in [0.2, 0.25) is 0 Å². The molecule has 1 amide bonds. The number of hydrogen-bond acceptors (Lipinski definition) is 6. The van der Waals surface area contributed by atoms with E-state index in [4.69, 9.17) is 17.0 Å². The first kappa shape index (κ1) is 18.2. The highest BCUT2D eigenvalue weighted by Gasteiger charge is 2.22. The van der Waals surface area contributed by atoms with E-state index in [0.717, 1.165) is 11.1 Å². The fraction of sp³-hybridized carbons (Fsp3) is 0.105. The van der Waals surface area contributed by atoms with Gasteiger partial charge in [-0.25, -0.2) is 4.79 Å². The summed E-state index contributed by atoms with van der Waals surface area (Å²) < 4.78 is 11.0. The first-order valence-electron chi connectivity index (χ1n) is 7.71. The SMILES string of the molecule is COC(=O)c1ccc(COc2ccccc2/C=C2\SC(=S)NC2=O)cc1. The van der Waals surface area contributed by atoms with Gasteiger partial charge in [-0.05, 0) is 29.8 Å². The smallest absolute Gasteiger partial charge is 0.337 e. The minimum absolute atomic E-state index is 0.201. The maximum Gasteiger partial charge on any atom is 0.337 e. The molecule has 1 saturated heterocycles. The molecule has 1 aliphatic heterocycles. The van der Waals surface area contributed by atoms with Gasteiger partial charge in [0.25, 0.3) is 5.91 Å². The number of rotatable bonds is 5. The molecule has 7 heteroatoms. The predicted octanol–water partition coefficient (Wildman–Crippen LogP) is 3.54. The summed E-state index contributed by atoms with van der Waals surface area (Å²) >= 11 is 6.23. The van der Waals surface area contributed by atoms with Gasteiger partial charge < -0.3 is 14.8 Å². The van der Waals surface area contributed by atoms with Crippen LogP contribution in [0.25, 0.3) is 6.08 Å². The third-order valence-corrected chi connectivity index (χ3v) is 4.78. The Hall–Kier alpha value is -2.64. The van der Waals surface area contributed by atoms with Crippen LogP contribution in [0.5, 0.6) is 5.75 Å². The van der Waals surface area contributed by atoms with Gasteiger partial charge in [-0.2, -0.15) is 0 Å². The minimum Gasteiger partial charge on any atom is -0.488 e. The number of methoxy groups -OCH3 is 1. The van der Waals surface area contributed by atoms with Crippen LogP contribution in [-0.4, -0.2) is 23.3 Å². The number of nitrogens with one attached hydrogen (secondary N) is 1. The third kappa shape index (κ3) is 4.30. The summed E-state index contributed by atoms with van der Waals surface area (Å²) in [6, 6.07) is 14.5. The highest BCUT2D eigenvalue weighted by atomic mass is 32.2. The Kier molecular flexibility index (Phi) is 5.70. The highest BCUT2D eigenvalue weighted by molar-refractivity contribution is 8.26. The van der Waals surface area contributed by atoms with Crippen LogP contribution in [0.15, 0.2) is 53.4 Å². The normalized spacial score (nSPS) is 15.0. The number of carbonyl (C=O) groups is 2. The lowest BCUT2D eigenvalue weighted by Gasteiger charge is -2.10. The maximum absolute atomic E-state index is 11.8. The molecule has 2 aromatic carbocycles. The van der Waals surface area contributed by atoms with Crippen molar-refractivity contribution in [2.24, 2.45) is 0 Å². The molecule has 1 fully saturated rings. The number of thiocarbonyl (C=S) groups is 1. The molecule has 3 rings (SSSR count). The number of carbonyl (C=O) groups excluding carboxylic acids is 2. The number of para-hydroxylation sites is 1. The minimum atomic E-state index is -0.375. The second kappa shape index (κ2) is 8.16. The van der Waals surface area contributed by atoms with E-state index in [2.05, 4.69) is 10.1 Å². The van der Waals surface area contributed by atoms with E-state index in [1.165, 1.54) is 18.9 Å². The molecule has 0 atom stereocenters. The molecule has 0 aliphatic carbocycles. The number of esters is 1. The Morgan fingerprint density at radius 2 is 1.92 bits per heavy atom. The summed E-state index contributed by atoms with van der Waals surface area (Å²) in [5, 5.41) is 2.59. The van der Waals surface area contributed by atoms with E-state index in [9.17, 15) is 9.59 Å². The summed E-state index contributed by atoms with van der Waals surface area (Å²) in [6.45, 7) is 0.333. The lowest BCUT2D eigenvalue weighted by Crippen LogP contribution is -2.17. The molecule has 1 aliphatic rings. The van der Waals surface area contributed by atoms with E-state index in [1.54, 1.807) is 18.2 Å². The summed E-state index contributed by atoms with van der Waals surface area (Å²) in [4.78, 5) is 23.8. The fourth-order valence-corrected chi connectivity index (χ4v) is 3.34. The molecule has 132 valence electrons. The van der Waals surface area contributed by atoms with E-state index in [-0.39, 0.29) is 11.9 Å². The Balaban J connectivity index is 1.73. The summed E-state index contributed by atoms with van der Waals surface area (Å²) in [5.74, 6) is 0.0798. The number of hydrogen-bond donors (Lipinski definition) is 1. The van der Waals surface area contributed by atoms with Gasteiger partial charge in [0.15, 0.2) is 0 Å². The van der Waals surface area contributed by atoms with E-state index in [1.807, 2.05) is 36.4 Å². The van der Waals surface area contributed by atoms with E-state index in [0.29, 0.717) is 27.1 Å². The molecule has 1 N–H and O–H groups in total. The average molecular weight is 385 g/mol. The standard InChI is InChI=1S/C19H15NO4S2/c1-23-18(22)13-8-6-12(7-9-13)11-24-15-5-3-2-4-14(15)10-16-17(21)20-19(25)26-16/h2-10H,11H2,1H3,(H,20,21,25)/b16-10-. The van der Waals surface area contributed by atoms with Crippen molar-refractivity contribution in [1.29, 1.82) is 0 Å². The van der Waals surface area contributed by atoms with Crippen LogP contribution in [0, 0.1) is 0 Å². The van der Waals surface area contributed by atoms with Crippen molar-refractivity contribution in [3.05, 3.63) is 70.1 Å². The van der Waals surface area contributed by atoms with Gasteiger partial charge in [0.1, 0.15) is 16.7 Å². The molecule has 0 bridgehead atoms. The predicted molar refractivity (Wildman–Crippen MR) is 105 cm³/mol. The van der Waals surface area contributed by atoms with Crippen molar-refractivity contribution >= 4 is 46.3 Å². The van der Waals surface area contributed by atoms with Crippen molar-refractivity contribution in [3.8, 4) is 5.75 Å². The molecule has 0 saturated carbocycles. The van der Waals surface area contributed by atoms with Crippen molar-refractivity contribution in [2.75, 3.05) is 7.11 Å². The largest absolute Gasteiger partial charge is 0.488 e. The Labute approximate surface area is 160 Å². The Morgan fingerprint density at radius 3 is 2.58 bits per heavy atom. The lowest BCUT2D eigenvalue weighted by atomic mass is 10.1. The fourth-order valence-electron chi connectivity index (χ4n) is 2.31. The maximum atomic E-state index is 11.8. The summed E-state index contributed by atoms with van der Waals surface area (Å²) in [6.07, 6.45) is 1.76. The van der Waals surface area contributed by atoms with Gasteiger partial charge in [-0.1, -0.05) is 54.3 Å². The zero-order valence-electron chi connectivity index (χ0n) is 13.9. The molecular formula is C19H15NO4S2. The zero-order chi connectivity index (χ0) is 18.5. The van der Waals surface area contributed by atoms with Gasteiger partial charge in [0, 0.05) is 5.56 Å². The van der Waals surface area contributed by atoms with Crippen LogP contribution in [0.1, 0.15) is 21.5 Å². The van der Waals surface area contributed by atoms with Crippen LogP contribution >= 0.6 is 24.0 Å². The van der Waals surface area contributed by atoms with Crippen molar-refractivity contribution in [2.45, 2.75) is 6.61 Å². The topological polar surface area (TPSA) is 64.6 Å². The van der Waals surface area contributed by atoms with Crippen LogP contribution in [-0.2, 0) is 16.1 Å². The van der Waals surface area contributed by atoms with Crippen LogP contribution in [0.4, 0.5) is 0 Å². The van der Waals surface area contributed by atoms with Crippen molar-refractivity contribution in [1.82, 2.24) is 5.32 Å². The number of thioether (sulfide) groups is 1. The van der Waals surface area contributed by atoms with Crippen molar-refractivity contribution < 1.29 is 19.1 Å². The molecule has 0 radical (unpaired) electrons. The van der Waals surface area contributed by atoms with E-state index >= 15 is 0 Å². The average Bonchev–Trinajstić information content (AvgIpc) is 2.97. The van der Waals surface area contributed by atoms with E-state index < -0.39 is 0 Å². The Bertz CT molecular complexity index is 891. The molecule has 0 aromatic heterocycles.